The van der Waals surface area contributed by atoms with Crippen molar-refractivity contribution in [2.24, 2.45) is 16.7 Å². The van der Waals surface area contributed by atoms with Gasteiger partial charge in [0.2, 0.25) is 5.91 Å². The lowest BCUT2D eigenvalue weighted by molar-refractivity contribution is -0.119. The maximum atomic E-state index is 11.4. The Bertz CT molecular complexity index is 770. The van der Waals surface area contributed by atoms with Crippen LogP contribution < -0.4 is 11.6 Å². The summed E-state index contributed by atoms with van der Waals surface area (Å²) in [6.07, 6.45) is 0.682. The van der Waals surface area contributed by atoms with Gasteiger partial charge in [-0.25, -0.2) is 0 Å². The molecule has 1 aliphatic heterocycles. The summed E-state index contributed by atoms with van der Waals surface area (Å²) < 4.78 is 0. The van der Waals surface area contributed by atoms with Crippen LogP contribution in [-0.4, -0.2) is 11.6 Å². The lowest BCUT2D eigenvalue weighted by atomic mass is 9.95. The van der Waals surface area contributed by atoms with Gasteiger partial charge in [-0.05, 0) is 36.2 Å². The topological polar surface area (TPSA) is 81.5 Å². The molecule has 1 heterocycles. The Balaban J connectivity index is 2.11. The molecule has 1 atom stereocenters. The fraction of sp³-hybridized carbons (Fsp3) is 0.176. The van der Waals surface area contributed by atoms with Crippen molar-refractivity contribution in [1.29, 1.82) is 0 Å². The maximum absolute atomic E-state index is 11.4. The van der Waals surface area contributed by atoms with Crippen LogP contribution in [-0.2, 0) is 11.2 Å². The summed E-state index contributed by atoms with van der Waals surface area (Å²) >= 11 is 1.70. The molecule has 4 N–H and O–H groups in total. The molecule has 0 aromatic heterocycles. The van der Waals surface area contributed by atoms with E-state index in [4.69, 9.17) is 11.6 Å². The van der Waals surface area contributed by atoms with E-state index in [9.17, 15) is 4.79 Å². The van der Waals surface area contributed by atoms with Gasteiger partial charge in [-0.1, -0.05) is 36.0 Å². The highest BCUT2D eigenvalue weighted by Crippen LogP contribution is 2.38. The molecule has 2 aromatic rings. The molecule has 22 heavy (non-hydrogen) atoms. The molecule has 0 fully saturated rings. The minimum absolute atomic E-state index is 0.333. The van der Waals surface area contributed by atoms with Crippen LogP contribution >= 0.6 is 11.8 Å². The summed E-state index contributed by atoms with van der Waals surface area (Å²) in [5.74, 6) is 4.95. The number of nitrogens with two attached hydrogens (primary N) is 2. The average molecular weight is 311 g/mol. The summed E-state index contributed by atoms with van der Waals surface area (Å²) in [5.41, 5.74) is 9.31. The van der Waals surface area contributed by atoms with Crippen molar-refractivity contribution in [3.05, 3.63) is 59.2 Å². The molecule has 1 unspecified atom stereocenters. The minimum atomic E-state index is -0.337. The Hall–Kier alpha value is -2.27. The van der Waals surface area contributed by atoms with Crippen LogP contribution in [0.2, 0.25) is 0 Å². The number of nitrogens with zero attached hydrogens (tertiary/aromatic N) is 1. The van der Waals surface area contributed by atoms with Gasteiger partial charge in [0.1, 0.15) is 0 Å². The lowest BCUT2D eigenvalue weighted by Crippen LogP contribution is -2.19. The molecule has 0 saturated carbocycles. The quantitative estimate of drug-likeness (QED) is 0.661. The Kier molecular flexibility index (Phi) is 3.90. The van der Waals surface area contributed by atoms with E-state index in [1.54, 1.807) is 11.8 Å². The molecule has 4 nitrogen and oxygen atoms in total. The van der Waals surface area contributed by atoms with E-state index in [0.717, 1.165) is 21.7 Å². The Morgan fingerprint density at radius 1 is 1.23 bits per heavy atom. The third kappa shape index (κ3) is 2.60. The number of hydrazone groups is 1. The number of carbonyl (C=O) groups is 1. The SMILES string of the molecule is CC(C(N)=O)c1ccc2c(c1)C(=NN)Cc1ccccc1S2. The number of rotatable bonds is 2. The van der Waals surface area contributed by atoms with E-state index in [2.05, 4.69) is 17.2 Å². The van der Waals surface area contributed by atoms with Crippen molar-refractivity contribution < 1.29 is 4.79 Å². The number of amides is 1. The molecule has 0 saturated heterocycles. The Morgan fingerprint density at radius 3 is 2.73 bits per heavy atom. The maximum Gasteiger partial charge on any atom is 0.224 e. The van der Waals surface area contributed by atoms with E-state index in [1.807, 2.05) is 37.3 Å². The van der Waals surface area contributed by atoms with E-state index in [-0.39, 0.29) is 11.8 Å². The molecule has 1 aliphatic rings. The molecule has 112 valence electrons. The number of hydrogen-bond acceptors (Lipinski definition) is 4. The number of primary amides is 1. The van der Waals surface area contributed by atoms with Gasteiger partial charge in [0, 0.05) is 21.8 Å². The van der Waals surface area contributed by atoms with Crippen LogP contribution in [0.4, 0.5) is 0 Å². The summed E-state index contributed by atoms with van der Waals surface area (Å²) in [6.45, 7) is 1.81. The molecular formula is C17H17N3OS. The summed E-state index contributed by atoms with van der Waals surface area (Å²) in [4.78, 5) is 13.7. The van der Waals surface area contributed by atoms with Crippen LogP contribution in [0, 0.1) is 0 Å². The molecule has 0 bridgehead atoms. The molecule has 3 rings (SSSR count). The van der Waals surface area contributed by atoms with E-state index >= 15 is 0 Å². The smallest absolute Gasteiger partial charge is 0.224 e. The first kappa shape index (κ1) is 14.7. The third-order valence-corrected chi connectivity index (χ3v) is 5.14. The first-order valence-electron chi connectivity index (χ1n) is 7.06. The monoisotopic (exact) mass is 311 g/mol. The number of hydrogen-bond donors (Lipinski definition) is 2. The van der Waals surface area contributed by atoms with E-state index in [0.29, 0.717) is 6.42 Å². The zero-order valence-corrected chi connectivity index (χ0v) is 13.1. The fourth-order valence-corrected chi connectivity index (χ4v) is 3.63. The molecular weight excluding hydrogens is 294 g/mol. The highest BCUT2D eigenvalue weighted by Gasteiger charge is 2.21. The number of benzene rings is 2. The first-order valence-corrected chi connectivity index (χ1v) is 7.88. The zero-order valence-electron chi connectivity index (χ0n) is 12.2. The Labute approximate surface area is 133 Å². The van der Waals surface area contributed by atoms with Crippen LogP contribution in [0.3, 0.4) is 0 Å². The van der Waals surface area contributed by atoms with Crippen LogP contribution in [0.5, 0.6) is 0 Å². The van der Waals surface area contributed by atoms with E-state index in [1.165, 1.54) is 10.5 Å². The first-order chi connectivity index (χ1) is 10.6. The van der Waals surface area contributed by atoms with Crippen molar-refractivity contribution in [2.75, 3.05) is 0 Å². The van der Waals surface area contributed by atoms with Gasteiger partial charge in [0.05, 0.1) is 11.6 Å². The summed E-state index contributed by atoms with van der Waals surface area (Å²) in [5, 5.41) is 3.98. The second kappa shape index (κ2) is 5.85. The predicted molar refractivity (Wildman–Crippen MR) is 89.0 cm³/mol. The summed E-state index contributed by atoms with van der Waals surface area (Å²) in [6, 6.07) is 14.2. The molecule has 1 amide bonds. The van der Waals surface area contributed by atoms with Crippen molar-refractivity contribution >= 4 is 23.4 Å². The van der Waals surface area contributed by atoms with Crippen molar-refractivity contribution in [1.82, 2.24) is 0 Å². The van der Waals surface area contributed by atoms with Gasteiger partial charge in [-0.15, -0.1) is 0 Å². The second-order valence-electron chi connectivity index (χ2n) is 5.34. The van der Waals surface area contributed by atoms with Crippen LogP contribution in [0.1, 0.15) is 29.5 Å². The van der Waals surface area contributed by atoms with Crippen LogP contribution in [0.25, 0.3) is 0 Å². The molecule has 0 aliphatic carbocycles. The average Bonchev–Trinajstić information content (AvgIpc) is 2.69. The van der Waals surface area contributed by atoms with Crippen molar-refractivity contribution in [2.45, 2.75) is 29.1 Å². The molecule has 5 heteroatoms. The standard InChI is InChI=1S/C17H17N3OS/c1-10(17(18)21)11-6-7-16-13(8-11)14(20-19)9-12-4-2-3-5-15(12)22-16/h2-8,10H,9,19H2,1H3,(H2,18,21). The second-order valence-corrected chi connectivity index (χ2v) is 6.43. The van der Waals surface area contributed by atoms with Gasteiger partial charge < -0.3 is 11.6 Å². The number of fused-ring (bicyclic) bond motifs is 2. The van der Waals surface area contributed by atoms with E-state index < -0.39 is 0 Å². The van der Waals surface area contributed by atoms with Crippen LogP contribution in [0.15, 0.2) is 57.4 Å². The van der Waals surface area contributed by atoms with Gasteiger partial charge in [-0.3, -0.25) is 4.79 Å². The predicted octanol–water partition coefficient (Wildman–Crippen LogP) is 2.65. The molecule has 0 spiro atoms. The fourth-order valence-electron chi connectivity index (χ4n) is 2.55. The Morgan fingerprint density at radius 2 is 2.00 bits per heavy atom. The highest BCUT2D eigenvalue weighted by molar-refractivity contribution is 7.99. The summed E-state index contributed by atoms with van der Waals surface area (Å²) in [7, 11) is 0. The van der Waals surface area contributed by atoms with Gasteiger partial charge >= 0.3 is 0 Å². The van der Waals surface area contributed by atoms with Crippen molar-refractivity contribution in [3.8, 4) is 0 Å². The molecule has 0 radical (unpaired) electrons. The van der Waals surface area contributed by atoms with Crippen molar-refractivity contribution in [3.63, 3.8) is 0 Å². The van der Waals surface area contributed by atoms with Gasteiger partial charge in [-0.2, -0.15) is 5.10 Å². The largest absolute Gasteiger partial charge is 0.369 e. The molecule has 2 aromatic carbocycles. The van der Waals surface area contributed by atoms with Gasteiger partial charge in [0.15, 0.2) is 0 Å². The van der Waals surface area contributed by atoms with Gasteiger partial charge in [0.25, 0.3) is 0 Å². The number of carbonyl (C=O) groups excluding carboxylic acids is 1. The third-order valence-electron chi connectivity index (χ3n) is 3.95. The normalized spacial score (nSPS) is 16.5. The minimum Gasteiger partial charge on any atom is -0.369 e. The highest BCUT2D eigenvalue weighted by atomic mass is 32.2. The lowest BCUT2D eigenvalue weighted by Gasteiger charge is -2.12. The zero-order chi connectivity index (χ0) is 15.7.